The van der Waals surface area contributed by atoms with Crippen LogP contribution >= 0.6 is 0 Å². The molecule has 9 nitrogen and oxygen atoms in total. The fourth-order valence-electron chi connectivity index (χ4n) is 1.80. The maximum absolute atomic E-state index is 11.7. The van der Waals surface area contributed by atoms with E-state index in [1.54, 1.807) is 32.9 Å². The van der Waals surface area contributed by atoms with Crippen molar-refractivity contribution in [2.24, 2.45) is 7.05 Å². The molecular weight excluding hydrogens is 302 g/mol. The number of carboxylic acids is 1. The number of nitrogens with zero attached hydrogens (tertiary/aromatic N) is 4. The fourth-order valence-corrected chi connectivity index (χ4v) is 1.80. The summed E-state index contributed by atoms with van der Waals surface area (Å²) in [7, 11) is 1.48. The second-order valence-electron chi connectivity index (χ2n) is 5.77. The van der Waals surface area contributed by atoms with Crippen molar-refractivity contribution in [3.63, 3.8) is 0 Å². The zero-order valence-electron chi connectivity index (χ0n) is 13.2. The van der Waals surface area contributed by atoms with Crippen LogP contribution in [0.1, 0.15) is 31.3 Å². The van der Waals surface area contributed by atoms with E-state index in [2.05, 4.69) is 20.6 Å². The molecule has 23 heavy (non-hydrogen) atoms. The molecule has 9 heteroatoms. The summed E-state index contributed by atoms with van der Waals surface area (Å²) in [6.07, 6.45) is 0.789. The molecule has 0 fully saturated rings. The van der Waals surface area contributed by atoms with E-state index in [1.165, 1.54) is 13.2 Å². The molecule has 0 aliphatic rings. The van der Waals surface area contributed by atoms with Crippen molar-refractivity contribution in [3.05, 3.63) is 24.0 Å². The van der Waals surface area contributed by atoms with E-state index in [-0.39, 0.29) is 11.4 Å². The number of rotatable bonds is 3. The minimum Gasteiger partial charge on any atom is -0.476 e. The fraction of sp³-hybridized carbons (Fsp3) is 0.357. The topological polar surface area (TPSA) is 119 Å². The Balaban J connectivity index is 2.17. The summed E-state index contributed by atoms with van der Waals surface area (Å²) >= 11 is 0. The number of carboxylic acid groups (broad SMARTS) is 1. The number of hydrogen-bond acceptors (Lipinski definition) is 6. The lowest BCUT2D eigenvalue weighted by Crippen LogP contribution is -2.27. The Kier molecular flexibility index (Phi) is 4.30. The number of anilines is 1. The average molecular weight is 319 g/mol. The Bertz CT molecular complexity index is 731. The number of hydrogen-bond donors (Lipinski definition) is 2. The predicted molar refractivity (Wildman–Crippen MR) is 81.1 cm³/mol. The summed E-state index contributed by atoms with van der Waals surface area (Å²) in [6.45, 7) is 5.28. The Hall–Kier alpha value is -2.97. The van der Waals surface area contributed by atoms with Crippen molar-refractivity contribution < 1.29 is 19.4 Å². The van der Waals surface area contributed by atoms with Crippen molar-refractivity contribution in [3.8, 4) is 11.4 Å². The third-order valence-electron chi connectivity index (χ3n) is 2.68. The summed E-state index contributed by atoms with van der Waals surface area (Å²) in [5.41, 5.74) is 0.246. The lowest BCUT2D eigenvalue weighted by atomic mass is 10.2. The van der Waals surface area contributed by atoms with Crippen molar-refractivity contribution in [1.29, 1.82) is 0 Å². The highest BCUT2D eigenvalue weighted by Crippen LogP contribution is 2.20. The lowest BCUT2D eigenvalue weighted by molar-refractivity contribution is 0.0633. The molecule has 0 unspecified atom stereocenters. The molecule has 2 heterocycles. The summed E-state index contributed by atoms with van der Waals surface area (Å²) in [4.78, 5) is 27.0. The molecule has 2 aromatic heterocycles. The maximum Gasteiger partial charge on any atom is 0.412 e. The van der Waals surface area contributed by atoms with Gasteiger partial charge in [0.2, 0.25) is 0 Å². The van der Waals surface area contributed by atoms with Crippen molar-refractivity contribution >= 4 is 17.7 Å². The van der Waals surface area contributed by atoms with E-state index in [4.69, 9.17) is 4.74 Å². The first kappa shape index (κ1) is 16.4. The number of aromatic carboxylic acids is 1. The molecule has 2 N–H and O–H groups in total. The molecule has 0 bridgehead atoms. The van der Waals surface area contributed by atoms with E-state index < -0.39 is 17.7 Å². The molecular formula is C14H17N5O4. The monoisotopic (exact) mass is 319 g/mol. The second kappa shape index (κ2) is 6.03. The van der Waals surface area contributed by atoms with Crippen molar-refractivity contribution in [2.45, 2.75) is 26.4 Å². The molecule has 0 saturated heterocycles. The highest BCUT2D eigenvalue weighted by molar-refractivity contribution is 5.92. The van der Waals surface area contributed by atoms with Gasteiger partial charge in [-0.3, -0.25) is 10.3 Å². The van der Waals surface area contributed by atoms with Gasteiger partial charge in [0, 0.05) is 7.05 Å². The van der Waals surface area contributed by atoms with Crippen molar-refractivity contribution in [2.75, 3.05) is 5.32 Å². The minimum atomic E-state index is -1.15. The van der Waals surface area contributed by atoms with Gasteiger partial charge >= 0.3 is 12.1 Å². The molecule has 0 aliphatic carbocycles. The smallest absolute Gasteiger partial charge is 0.412 e. The Morgan fingerprint density at radius 2 is 2.00 bits per heavy atom. The van der Waals surface area contributed by atoms with Gasteiger partial charge in [-0.05, 0) is 32.9 Å². The molecule has 0 spiro atoms. The third-order valence-corrected chi connectivity index (χ3v) is 2.68. The van der Waals surface area contributed by atoms with Crippen LogP contribution in [0.2, 0.25) is 0 Å². The summed E-state index contributed by atoms with van der Waals surface area (Å²) in [6, 6.07) is 3.12. The van der Waals surface area contributed by atoms with Gasteiger partial charge in [0.25, 0.3) is 0 Å². The van der Waals surface area contributed by atoms with Crippen LogP contribution in [0.15, 0.2) is 18.3 Å². The average Bonchev–Trinajstić information content (AvgIpc) is 2.79. The van der Waals surface area contributed by atoms with E-state index in [0.29, 0.717) is 11.4 Å². The molecule has 1 amide bonds. The highest BCUT2D eigenvalue weighted by Gasteiger charge is 2.20. The zero-order chi connectivity index (χ0) is 17.2. The van der Waals surface area contributed by atoms with Crippen LogP contribution in [-0.4, -0.2) is 42.7 Å². The third kappa shape index (κ3) is 4.02. The van der Waals surface area contributed by atoms with Crippen LogP contribution in [-0.2, 0) is 11.8 Å². The normalized spacial score (nSPS) is 11.1. The summed E-state index contributed by atoms with van der Waals surface area (Å²) in [5.74, 6) is -1.15. The molecule has 0 aliphatic heterocycles. The van der Waals surface area contributed by atoms with Gasteiger partial charge in [0.15, 0.2) is 5.69 Å². The SMILES string of the molecule is Cn1nnc(-c2ccc(NC(=O)OC(C)(C)C)cn2)c1C(=O)O. The Labute approximate surface area is 132 Å². The van der Waals surface area contributed by atoms with Crippen LogP contribution in [0.4, 0.5) is 10.5 Å². The van der Waals surface area contributed by atoms with Crippen LogP contribution in [0, 0.1) is 0 Å². The maximum atomic E-state index is 11.7. The van der Waals surface area contributed by atoms with Gasteiger partial charge in [0.05, 0.1) is 17.6 Å². The largest absolute Gasteiger partial charge is 0.476 e. The quantitative estimate of drug-likeness (QED) is 0.886. The molecule has 122 valence electrons. The van der Waals surface area contributed by atoms with Gasteiger partial charge in [-0.25, -0.2) is 14.3 Å². The van der Waals surface area contributed by atoms with Crippen LogP contribution in [0.5, 0.6) is 0 Å². The van der Waals surface area contributed by atoms with E-state index in [9.17, 15) is 14.7 Å². The lowest BCUT2D eigenvalue weighted by Gasteiger charge is -2.19. The van der Waals surface area contributed by atoms with Gasteiger partial charge in [0.1, 0.15) is 11.3 Å². The second-order valence-corrected chi connectivity index (χ2v) is 5.77. The number of pyridine rings is 1. The first-order valence-corrected chi connectivity index (χ1v) is 6.77. The zero-order valence-corrected chi connectivity index (χ0v) is 13.2. The number of carbonyl (C=O) groups excluding carboxylic acids is 1. The molecule has 2 aromatic rings. The standard InChI is InChI=1S/C14H17N5O4/c1-14(2,3)23-13(22)16-8-5-6-9(15-7-8)10-11(12(20)21)19(4)18-17-10/h5-7H,1-4H3,(H,16,22)(H,20,21). The number of nitrogens with one attached hydrogen (secondary N) is 1. The van der Waals surface area contributed by atoms with Crippen LogP contribution in [0.3, 0.4) is 0 Å². The number of amides is 1. The van der Waals surface area contributed by atoms with Crippen LogP contribution in [0.25, 0.3) is 11.4 Å². The Morgan fingerprint density at radius 1 is 1.30 bits per heavy atom. The van der Waals surface area contributed by atoms with Gasteiger partial charge in [-0.1, -0.05) is 5.21 Å². The molecule has 0 atom stereocenters. The van der Waals surface area contributed by atoms with E-state index in [1.807, 2.05) is 0 Å². The number of ether oxygens (including phenoxy) is 1. The summed E-state index contributed by atoms with van der Waals surface area (Å²) < 4.78 is 6.29. The molecule has 0 aromatic carbocycles. The van der Waals surface area contributed by atoms with Gasteiger partial charge in [-0.2, -0.15) is 0 Å². The minimum absolute atomic E-state index is 0.0645. The molecule has 2 rings (SSSR count). The van der Waals surface area contributed by atoms with Crippen molar-refractivity contribution in [1.82, 2.24) is 20.0 Å². The first-order valence-electron chi connectivity index (χ1n) is 6.77. The highest BCUT2D eigenvalue weighted by atomic mass is 16.6. The number of aromatic nitrogens is 4. The molecule has 0 radical (unpaired) electrons. The molecule has 0 saturated carbocycles. The predicted octanol–water partition coefficient (Wildman–Crippen LogP) is 1.92. The Morgan fingerprint density at radius 3 is 2.52 bits per heavy atom. The van der Waals surface area contributed by atoms with E-state index in [0.717, 1.165) is 4.68 Å². The van der Waals surface area contributed by atoms with Crippen LogP contribution < -0.4 is 5.32 Å². The first-order chi connectivity index (χ1) is 10.7. The van der Waals surface area contributed by atoms with Gasteiger partial charge in [-0.15, -0.1) is 5.10 Å². The number of aryl methyl sites for hydroxylation is 1. The number of carbonyl (C=O) groups is 2. The van der Waals surface area contributed by atoms with E-state index >= 15 is 0 Å². The summed E-state index contributed by atoms with van der Waals surface area (Å²) in [5, 5.41) is 19.2. The van der Waals surface area contributed by atoms with Gasteiger partial charge < -0.3 is 9.84 Å².